The topological polar surface area (TPSA) is 71.2 Å². The molecule has 1 heterocycles. The Labute approximate surface area is 148 Å². The van der Waals surface area contributed by atoms with E-state index in [1.54, 1.807) is 0 Å². The summed E-state index contributed by atoms with van der Waals surface area (Å²) in [4.78, 5) is 27.1. The molecule has 0 aliphatic heterocycles. The second-order valence-corrected chi connectivity index (χ2v) is 6.96. The molecule has 5 nitrogen and oxygen atoms in total. The zero-order valence-electron chi connectivity index (χ0n) is 14.7. The van der Waals surface area contributed by atoms with Crippen LogP contribution in [0.2, 0.25) is 0 Å². The van der Waals surface area contributed by atoms with Crippen LogP contribution in [0.4, 0.5) is 0 Å². The molecule has 1 saturated carbocycles. The molecule has 1 aliphatic carbocycles. The summed E-state index contributed by atoms with van der Waals surface area (Å²) in [5.74, 6) is -0.0356. The molecule has 0 saturated heterocycles. The number of carbonyl (C=O) groups excluding carboxylic acids is 2. The Morgan fingerprint density at radius 3 is 2.88 bits per heavy atom. The van der Waals surface area contributed by atoms with E-state index >= 15 is 0 Å². The average Bonchev–Trinajstić information content (AvgIpc) is 3.03. The van der Waals surface area contributed by atoms with Crippen LogP contribution in [-0.2, 0) is 20.7 Å². The fraction of sp³-hybridized carbons (Fsp3) is 0.500. The van der Waals surface area contributed by atoms with E-state index < -0.39 is 0 Å². The van der Waals surface area contributed by atoms with Crippen molar-refractivity contribution in [3.05, 3.63) is 36.0 Å². The number of aryl methyl sites for hydroxylation is 1. The lowest BCUT2D eigenvalue weighted by molar-refractivity contribution is -0.148. The largest absolute Gasteiger partial charge is 0.456 e. The molecule has 2 aromatic rings. The van der Waals surface area contributed by atoms with E-state index in [9.17, 15) is 9.59 Å². The van der Waals surface area contributed by atoms with Gasteiger partial charge in [0.1, 0.15) is 0 Å². The smallest absolute Gasteiger partial charge is 0.306 e. The minimum Gasteiger partial charge on any atom is -0.456 e. The second kappa shape index (κ2) is 8.19. The predicted octanol–water partition coefficient (Wildman–Crippen LogP) is 3.34. The van der Waals surface area contributed by atoms with Crippen LogP contribution in [0, 0.1) is 5.92 Å². The van der Waals surface area contributed by atoms with Gasteiger partial charge >= 0.3 is 5.97 Å². The van der Waals surface area contributed by atoms with Gasteiger partial charge in [-0.05, 0) is 36.8 Å². The number of esters is 1. The Morgan fingerprint density at radius 1 is 1.24 bits per heavy atom. The van der Waals surface area contributed by atoms with Crippen molar-refractivity contribution in [3.63, 3.8) is 0 Å². The number of carbonyl (C=O) groups is 2. The Bertz CT molecular complexity index is 737. The summed E-state index contributed by atoms with van der Waals surface area (Å²) in [6.45, 7) is 1.98. The molecule has 0 radical (unpaired) electrons. The van der Waals surface area contributed by atoms with Crippen molar-refractivity contribution in [1.29, 1.82) is 0 Å². The van der Waals surface area contributed by atoms with Crippen molar-refractivity contribution in [2.75, 3.05) is 6.61 Å². The minimum absolute atomic E-state index is 0.185. The molecule has 2 N–H and O–H groups in total. The zero-order valence-corrected chi connectivity index (χ0v) is 14.7. The summed E-state index contributed by atoms with van der Waals surface area (Å²) in [5.41, 5.74) is 2.15. The molecular weight excluding hydrogens is 316 g/mol. The number of fused-ring (bicyclic) bond motifs is 1. The highest BCUT2D eigenvalue weighted by molar-refractivity contribution is 5.84. The molecule has 5 heteroatoms. The number of hydrogen-bond acceptors (Lipinski definition) is 3. The van der Waals surface area contributed by atoms with Crippen molar-refractivity contribution in [2.24, 2.45) is 5.92 Å². The number of H-pyrrole nitrogens is 1. The van der Waals surface area contributed by atoms with Crippen LogP contribution in [0.1, 0.15) is 44.6 Å². The third kappa shape index (κ3) is 4.62. The molecule has 1 aliphatic rings. The predicted molar refractivity (Wildman–Crippen MR) is 97.1 cm³/mol. The Balaban J connectivity index is 1.41. The minimum atomic E-state index is -0.336. The van der Waals surface area contributed by atoms with E-state index in [0.717, 1.165) is 35.7 Å². The van der Waals surface area contributed by atoms with Gasteiger partial charge in [0, 0.05) is 29.6 Å². The molecule has 25 heavy (non-hydrogen) atoms. The SMILES string of the molecule is CC1CCCCC1NC(=O)COC(=O)CCc1c[nH]c2ccccc12. The summed E-state index contributed by atoms with van der Waals surface area (Å²) >= 11 is 0. The summed E-state index contributed by atoms with van der Waals surface area (Å²) in [7, 11) is 0. The van der Waals surface area contributed by atoms with E-state index in [1.807, 2.05) is 30.5 Å². The summed E-state index contributed by atoms with van der Waals surface area (Å²) in [5, 5.41) is 4.12. The number of aromatic nitrogens is 1. The first-order valence-electron chi connectivity index (χ1n) is 9.13. The van der Waals surface area contributed by atoms with Crippen molar-refractivity contribution >= 4 is 22.8 Å². The van der Waals surface area contributed by atoms with Crippen LogP contribution in [0.25, 0.3) is 10.9 Å². The molecule has 2 unspecified atom stereocenters. The molecule has 134 valence electrons. The van der Waals surface area contributed by atoms with Gasteiger partial charge in [-0.2, -0.15) is 0 Å². The molecular formula is C20H26N2O3. The van der Waals surface area contributed by atoms with Gasteiger partial charge in [-0.25, -0.2) is 0 Å². The summed E-state index contributed by atoms with van der Waals surface area (Å²) in [6.07, 6.45) is 7.35. The van der Waals surface area contributed by atoms with Crippen molar-refractivity contribution < 1.29 is 14.3 Å². The van der Waals surface area contributed by atoms with Crippen molar-refractivity contribution in [1.82, 2.24) is 10.3 Å². The molecule has 1 amide bonds. The quantitative estimate of drug-likeness (QED) is 0.791. The Hall–Kier alpha value is -2.30. The molecule has 1 aromatic carbocycles. The van der Waals surface area contributed by atoms with E-state index in [-0.39, 0.29) is 30.9 Å². The maximum atomic E-state index is 12.0. The van der Waals surface area contributed by atoms with Crippen LogP contribution in [0.15, 0.2) is 30.5 Å². The fourth-order valence-corrected chi connectivity index (χ4v) is 3.57. The first kappa shape index (κ1) is 17.5. The third-order valence-electron chi connectivity index (χ3n) is 5.10. The Morgan fingerprint density at radius 2 is 2.04 bits per heavy atom. The van der Waals surface area contributed by atoms with Gasteiger partial charge < -0.3 is 15.0 Å². The van der Waals surface area contributed by atoms with Crippen molar-refractivity contribution in [3.8, 4) is 0 Å². The highest BCUT2D eigenvalue weighted by Crippen LogP contribution is 2.23. The first-order chi connectivity index (χ1) is 12.1. The maximum Gasteiger partial charge on any atom is 0.306 e. The number of amides is 1. The second-order valence-electron chi connectivity index (χ2n) is 6.96. The molecule has 3 rings (SSSR count). The number of nitrogens with one attached hydrogen (secondary N) is 2. The standard InChI is InChI=1S/C20H26N2O3/c1-14-6-2-4-8-17(14)22-19(23)13-25-20(24)11-10-15-12-21-18-9-5-3-7-16(15)18/h3,5,7,9,12,14,17,21H,2,4,6,8,10-11,13H2,1H3,(H,22,23). The van der Waals surface area contributed by atoms with Gasteiger partial charge in [0.25, 0.3) is 5.91 Å². The number of rotatable bonds is 6. The molecule has 0 bridgehead atoms. The third-order valence-corrected chi connectivity index (χ3v) is 5.10. The Kier molecular flexibility index (Phi) is 5.74. The van der Waals surface area contributed by atoms with Gasteiger partial charge in [0.15, 0.2) is 6.61 Å². The molecule has 2 atom stereocenters. The highest BCUT2D eigenvalue weighted by atomic mass is 16.5. The van der Waals surface area contributed by atoms with Crippen LogP contribution >= 0.6 is 0 Å². The lowest BCUT2D eigenvalue weighted by Crippen LogP contribution is -2.42. The van der Waals surface area contributed by atoms with Gasteiger partial charge in [-0.15, -0.1) is 0 Å². The monoisotopic (exact) mass is 342 g/mol. The van der Waals surface area contributed by atoms with Crippen LogP contribution in [-0.4, -0.2) is 29.5 Å². The van der Waals surface area contributed by atoms with E-state index in [2.05, 4.69) is 17.2 Å². The number of aromatic amines is 1. The first-order valence-corrected chi connectivity index (χ1v) is 9.13. The van der Waals surface area contributed by atoms with Crippen molar-refractivity contribution in [2.45, 2.75) is 51.5 Å². The van der Waals surface area contributed by atoms with Gasteiger partial charge in [0.2, 0.25) is 0 Å². The maximum absolute atomic E-state index is 12.0. The van der Waals surface area contributed by atoms with Crippen LogP contribution in [0.3, 0.4) is 0 Å². The van der Waals surface area contributed by atoms with E-state index in [0.29, 0.717) is 12.3 Å². The number of para-hydroxylation sites is 1. The lowest BCUT2D eigenvalue weighted by Gasteiger charge is -2.29. The van der Waals surface area contributed by atoms with Gasteiger partial charge in [-0.3, -0.25) is 9.59 Å². The fourth-order valence-electron chi connectivity index (χ4n) is 3.57. The molecule has 1 aromatic heterocycles. The lowest BCUT2D eigenvalue weighted by atomic mass is 9.86. The summed E-state index contributed by atoms with van der Waals surface area (Å²) < 4.78 is 5.13. The van der Waals surface area contributed by atoms with Crippen LogP contribution < -0.4 is 5.32 Å². The highest BCUT2D eigenvalue weighted by Gasteiger charge is 2.23. The number of benzene rings is 1. The van der Waals surface area contributed by atoms with Gasteiger partial charge in [0.05, 0.1) is 0 Å². The summed E-state index contributed by atoms with van der Waals surface area (Å²) in [6, 6.07) is 8.21. The zero-order chi connectivity index (χ0) is 17.6. The van der Waals surface area contributed by atoms with Crippen LogP contribution in [0.5, 0.6) is 0 Å². The normalized spacial score (nSPS) is 20.4. The van der Waals surface area contributed by atoms with Gasteiger partial charge in [-0.1, -0.05) is 38.0 Å². The number of ether oxygens (including phenoxy) is 1. The molecule has 0 spiro atoms. The molecule has 1 fully saturated rings. The van der Waals surface area contributed by atoms with E-state index in [1.165, 1.54) is 6.42 Å². The van der Waals surface area contributed by atoms with E-state index in [4.69, 9.17) is 4.74 Å². The number of hydrogen-bond donors (Lipinski definition) is 2. The average molecular weight is 342 g/mol.